The highest BCUT2D eigenvalue weighted by Crippen LogP contribution is 2.24. The van der Waals surface area contributed by atoms with Gasteiger partial charge in [-0.15, -0.1) is 0 Å². The van der Waals surface area contributed by atoms with E-state index in [2.05, 4.69) is 52.8 Å². The van der Waals surface area contributed by atoms with Crippen LogP contribution >= 0.6 is 0 Å². The summed E-state index contributed by atoms with van der Waals surface area (Å²) < 4.78 is 1.83. The van der Waals surface area contributed by atoms with Gasteiger partial charge >= 0.3 is 0 Å². The number of rotatable bonds is 4. The fourth-order valence-electron chi connectivity index (χ4n) is 2.48. The van der Waals surface area contributed by atoms with Crippen LogP contribution in [0.4, 0.5) is 0 Å². The number of hydrogen-bond donors (Lipinski definition) is 1. The Morgan fingerprint density at radius 3 is 2.90 bits per heavy atom. The van der Waals surface area contributed by atoms with Crippen molar-refractivity contribution in [1.29, 1.82) is 0 Å². The number of aryl methyl sites for hydroxylation is 1. The average Bonchev–Trinajstić information content (AvgIpc) is 2.90. The monoisotopic (exact) mass is 266 g/mol. The highest BCUT2D eigenvalue weighted by atomic mass is 15.2. The fraction of sp³-hybridized carbons (Fsp3) is 0.250. The predicted octanol–water partition coefficient (Wildman–Crippen LogP) is 2.67. The van der Waals surface area contributed by atoms with Gasteiger partial charge in [-0.2, -0.15) is 5.10 Å². The van der Waals surface area contributed by atoms with Crippen molar-refractivity contribution in [3.05, 3.63) is 60.0 Å². The average molecular weight is 266 g/mol. The van der Waals surface area contributed by atoms with Gasteiger partial charge in [-0.3, -0.25) is 9.67 Å². The largest absolute Gasteiger partial charge is 0.306 e. The first kappa shape index (κ1) is 12.8. The normalized spacial score (nSPS) is 12.7. The predicted molar refractivity (Wildman–Crippen MR) is 80.5 cm³/mol. The van der Waals surface area contributed by atoms with Gasteiger partial charge < -0.3 is 5.32 Å². The number of pyridine rings is 1. The second kappa shape index (κ2) is 5.43. The molecule has 1 N–H and O–H groups in total. The Kier molecular flexibility index (Phi) is 3.48. The molecule has 4 heteroatoms. The molecule has 1 aromatic carbocycles. The first-order valence-electron chi connectivity index (χ1n) is 6.84. The molecule has 102 valence electrons. The highest BCUT2D eigenvalue weighted by molar-refractivity contribution is 5.79. The SMILES string of the molecule is CCNC(c1ccc2cccnc2c1)c1cnn(C)c1. The molecule has 0 aliphatic carbocycles. The third kappa shape index (κ3) is 2.42. The zero-order valence-corrected chi connectivity index (χ0v) is 11.7. The van der Waals surface area contributed by atoms with E-state index in [1.165, 1.54) is 11.1 Å². The summed E-state index contributed by atoms with van der Waals surface area (Å²) in [5.41, 5.74) is 3.41. The van der Waals surface area contributed by atoms with Gasteiger partial charge in [-0.25, -0.2) is 0 Å². The number of nitrogens with zero attached hydrogens (tertiary/aromatic N) is 3. The molecule has 0 spiro atoms. The molecule has 3 rings (SSSR count). The lowest BCUT2D eigenvalue weighted by Crippen LogP contribution is -2.21. The van der Waals surface area contributed by atoms with E-state index >= 15 is 0 Å². The second-order valence-corrected chi connectivity index (χ2v) is 4.89. The van der Waals surface area contributed by atoms with Crippen LogP contribution in [0.25, 0.3) is 10.9 Å². The summed E-state index contributed by atoms with van der Waals surface area (Å²) in [5.74, 6) is 0. The van der Waals surface area contributed by atoms with Gasteiger partial charge in [0.1, 0.15) is 0 Å². The molecule has 2 heterocycles. The van der Waals surface area contributed by atoms with Gasteiger partial charge in [-0.05, 0) is 24.2 Å². The van der Waals surface area contributed by atoms with Gasteiger partial charge in [0.25, 0.3) is 0 Å². The topological polar surface area (TPSA) is 42.7 Å². The first-order chi connectivity index (χ1) is 9.78. The Morgan fingerprint density at radius 1 is 1.25 bits per heavy atom. The summed E-state index contributed by atoms with van der Waals surface area (Å²) in [6.07, 6.45) is 5.80. The maximum atomic E-state index is 4.43. The lowest BCUT2D eigenvalue weighted by Gasteiger charge is -2.17. The van der Waals surface area contributed by atoms with E-state index in [1.807, 2.05) is 30.2 Å². The van der Waals surface area contributed by atoms with E-state index in [9.17, 15) is 0 Å². The molecule has 2 aromatic heterocycles. The summed E-state index contributed by atoms with van der Waals surface area (Å²) in [7, 11) is 1.94. The van der Waals surface area contributed by atoms with Crippen molar-refractivity contribution in [2.75, 3.05) is 6.54 Å². The van der Waals surface area contributed by atoms with Gasteiger partial charge in [0, 0.05) is 30.4 Å². The lowest BCUT2D eigenvalue weighted by atomic mass is 10.00. The van der Waals surface area contributed by atoms with Crippen LogP contribution in [0.3, 0.4) is 0 Å². The summed E-state index contributed by atoms with van der Waals surface area (Å²) >= 11 is 0. The van der Waals surface area contributed by atoms with Crippen molar-refractivity contribution >= 4 is 10.9 Å². The molecular weight excluding hydrogens is 248 g/mol. The maximum Gasteiger partial charge on any atom is 0.0705 e. The number of hydrogen-bond acceptors (Lipinski definition) is 3. The van der Waals surface area contributed by atoms with Gasteiger partial charge in [-0.1, -0.05) is 25.1 Å². The van der Waals surface area contributed by atoms with E-state index < -0.39 is 0 Å². The number of nitrogens with one attached hydrogen (secondary N) is 1. The maximum absolute atomic E-state index is 4.43. The third-order valence-electron chi connectivity index (χ3n) is 3.43. The molecule has 0 aliphatic rings. The zero-order chi connectivity index (χ0) is 13.9. The van der Waals surface area contributed by atoms with Gasteiger partial charge in [0.05, 0.1) is 17.8 Å². The summed E-state index contributed by atoms with van der Waals surface area (Å²) in [6.45, 7) is 3.02. The van der Waals surface area contributed by atoms with Crippen LogP contribution in [0.2, 0.25) is 0 Å². The molecule has 0 aliphatic heterocycles. The van der Waals surface area contributed by atoms with Crippen LogP contribution in [0.1, 0.15) is 24.1 Å². The first-order valence-corrected chi connectivity index (χ1v) is 6.84. The Hall–Kier alpha value is -2.20. The van der Waals surface area contributed by atoms with Crippen LogP contribution in [0, 0.1) is 0 Å². The molecule has 0 saturated carbocycles. The van der Waals surface area contributed by atoms with Crippen molar-refractivity contribution in [3.8, 4) is 0 Å². The zero-order valence-electron chi connectivity index (χ0n) is 11.7. The molecular formula is C16H18N4. The minimum atomic E-state index is 0.153. The Bertz CT molecular complexity index is 717. The van der Waals surface area contributed by atoms with E-state index in [0.717, 1.165) is 17.4 Å². The van der Waals surface area contributed by atoms with Crippen LogP contribution in [0.5, 0.6) is 0 Å². The van der Waals surface area contributed by atoms with E-state index in [1.54, 1.807) is 0 Å². The van der Waals surface area contributed by atoms with Crippen LogP contribution in [0.15, 0.2) is 48.9 Å². The summed E-state index contributed by atoms with van der Waals surface area (Å²) in [5, 5.41) is 8.95. The van der Waals surface area contributed by atoms with Crippen LogP contribution < -0.4 is 5.32 Å². The summed E-state index contributed by atoms with van der Waals surface area (Å²) in [4.78, 5) is 4.43. The Balaban J connectivity index is 2.04. The van der Waals surface area contributed by atoms with Gasteiger partial charge in [0.2, 0.25) is 0 Å². The van der Waals surface area contributed by atoms with Crippen molar-refractivity contribution in [1.82, 2.24) is 20.1 Å². The molecule has 0 radical (unpaired) electrons. The molecule has 0 bridgehead atoms. The molecule has 0 amide bonds. The number of aromatic nitrogens is 3. The number of fused-ring (bicyclic) bond motifs is 1. The molecule has 20 heavy (non-hydrogen) atoms. The van der Waals surface area contributed by atoms with Crippen LogP contribution in [-0.4, -0.2) is 21.3 Å². The smallest absolute Gasteiger partial charge is 0.0705 e. The minimum absolute atomic E-state index is 0.153. The fourth-order valence-corrected chi connectivity index (χ4v) is 2.48. The lowest BCUT2D eigenvalue weighted by molar-refractivity contribution is 0.630. The minimum Gasteiger partial charge on any atom is -0.306 e. The second-order valence-electron chi connectivity index (χ2n) is 4.89. The van der Waals surface area contributed by atoms with Crippen molar-refractivity contribution in [2.45, 2.75) is 13.0 Å². The van der Waals surface area contributed by atoms with Crippen molar-refractivity contribution in [2.24, 2.45) is 7.05 Å². The molecule has 4 nitrogen and oxygen atoms in total. The summed E-state index contributed by atoms with van der Waals surface area (Å²) in [6, 6.07) is 10.6. The van der Waals surface area contributed by atoms with E-state index in [4.69, 9.17) is 0 Å². The van der Waals surface area contributed by atoms with Crippen LogP contribution in [-0.2, 0) is 7.05 Å². The molecule has 1 atom stereocenters. The van der Waals surface area contributed by atoms with Crippen molar-refractivity contribution < 1.29 is 0 Å². The van der Waals surface area contributed by atoms with E-state index in [0.29, 0.717) is 0 Å². The quantitative estimate of drug-likeness (QED) is 0.789. The van der Waals surface area contributed by atoms with Crippen molar-refractivity contribution in [3.63, 3.8) is 0 Å². The molecule has 0 saturated heterocycles. The number of benzene rings is 1. The third-order valence-corrected chi connectivity index (χ3v) is 3.43. The Labute approximate surface area is 118 Å². The van der Waals surface area contributed by atoms with E-state index in [-0.39, 0.29) is 6.04 Å². The molecule has 3 aromatic rings. The Morgan fingerprint density at radius 2 is 2.15 bits per heavy atom. The highest BCUT2D eigenvalue weighted by Gasteiger charge is 2.15. The molecule has 0 fully saturated rings. The van der Waals surface area contributed by atoms with Gasteiger partial charge in [0.15, 0.2) is 0 Å². The standard InChI is InChI=1S/C16H18N4/c1-3-17-16(14-10-19-20(2)11-14)13-7-6-12-5-4-8-18-15(12)9-13/h4-11,16-17H,3H2,1-2H3. The molecule has 1 unspecified atom stereocenters.